The molecule has 2 aromatic rings. The van der Waals surface area contributed by atoms with Crippen molar-refractivity contribution >= 4 is 26.0 Å². The third-order valence-electron chi connectivity index (χ3n) is 4.22. The van der Waals surface area contributed by atoms with Crippen molar-refractivity contribution < 1.29 is 17.9 Å². The van der Waals surface area contributed by atoms with Gasteiger partial charge in [0, 0.05) is 31.4 Å². The van der Waals surface area contributed by atoms with E-state index in [1.54, 1.807) is 43.8 Å². The van der Waals surface area contributed by atoms with E-state index in [4.69, 9.17) is 9.47 Å². The second-order valence-electron chi connectivity index (χ2n) is 6.04. The first-order valence-electron chi connectivity index (χ1n) is 8.23. The maximum Gasteiger partial charge on any atom is 0.316 e. The lowest BCUT2D eigenvalue weighted by Gasteiger charge is -2.31. The van der Waals surface area contributed by atoms with E-state index in [2.05, 4.69) is 25.9 Å². The fraction of sp³-hybridized carbons (Fsp3) is 0.412. The highest BCUT2D eigenvalue weighted by Crippen LogP contribution is 2.25. The molecule has 0 spiro atoms. The molecule has 0 aliphatic carbocycles. The van der Waals surface area contributed by atoms with E-state index in [1.807, 2.05) is 0 Å². The standard InChI is InChI=1S/C17H20BrN3O4S/c1-24-15-4-6-16(7-5-15)26(22,23)21-8-2-3-13(11-21)12-25-17-19-9-14(18)10-20-17/h4-7,9-10,13H,2-3,8,11-12H2,1H3. The summed E-state index contributed by atoms with van der Waals surface area (Å²) in [7, 11) is -1.97. The first-order valence-corrected chi connectivity index (χ1v) is 10.5. The third-order valence-corrected chi connectivity index (χ3v) is 6.51. The van der Waals surface area contributed by atoms with Crippen LogP contribution in [-0.4, -0.2) is 49.5 Å². The van der Waals surface area contributed by atoms with Crippen molar-refractivity contribution in [1.29, 1.82) is 0 Å². The number of nitrogens with zero attached hydrogens (tertiary/aromatic N) is 3. The van der Waals surface area contributed by atoms with Crippen molar-refractivity contribution in [3.05, 3.63) is 41.1 Å². The normalized spacial score (nSPS) is 18.5. The van der Waals surface area contributed by atoms with E-state index in [9.17, 15) is 8.42 Å². The largest absolute Gasteiger partial charge is 0.497 e. The summed E-state index contributed by atoms with van der Waals surface area (Å²) in [6.45, 7) is 1.32. The molecule has 0 amide bonds. The molecule has 1 aliphatic heterocycles. The summed E-state index contributed by atoms with van der Waals surface area (Å²) in [6.07, 6.45) is 4.93. The number of halogens is 1. The summed E-state index contributed by atoms with van der Waals surface area (Å²) >= 11 is 3.27. The van der Waals surface area contributed by atoms with Gasteiger partial charge in [-0.2, -0.15) is 4.31 Å². The minimum absolute atomic E-state index is 0.101. The lowest BCUT2D eigenvalue weighted by molar-refractivity contribution is 0.171. The second-order valence-corrected chi connectivity index (χ2v) is 8.90. The molecule has 1 aromatic carbocycles. The Labute approximate surface area is 161 Å². The molecule has 0 bridgehead atoms. The maximum atomic E-state index is 12.9. The van der Waals surface area contributed by atoms with Crippen molar-refractivity contribution in [2.45, 2.75) is 17.7 Å². The molecule has 1 aliphatic rings. The summed E-state index contributed by atoms with van der Waals surface area (Å²) < 4.78 is 38.7. The van der Waals surface area contributed by atoms with E-state index >= 15 is 0 Å². The Morgan fingerprint density at radius 3 is 2.58 bits per heavy atom. The van der Waals surface area contributed by atoms with Crippen LogP contribution < -0.4 is 9.47 Å². The van der Waals surface area contributed by atoms with Crippen LogP contribution in [0.15, 0.2) is 46.0 Å². The highest BCUT2D eigenvalue weighted by Gasteiger charge is 2.30. The third kappa shape index (κ3) is 4.52. The predicted octanol–water partition coefficient (Wildman–Crippen LogP) is 2.73. The van der Waals surface area contributed by atoms with Gasteiger partial charge < -0.3 is 9.47 Å². The van der Waals surface area contributed by atoms with Gasteiger partial charge in [0.05, 0.1) is 23.1 Å². The van der Waals surface area contributed by atoms with E-state index in [1.165, 1.54) is 4.31 Å². The van der Waals surface area contributed by atoms with Crippen LogP contribution in [0.3, 0.4) is 0 Å². The van der Waals surface area contributed by atoms with Gasteiger partial charge in [-0.05, 0) is 53.0 Å². The lowest BCUT2D eigenvalue weighted by atomic mass is 10.0. The van der Waals surface area contributed by atoms with Crippen LogP contribution in [0.2, 0.25) is 0 Å². The van der Waals surface area contributed by atoms with Gasteiger partial charge in [0.25, 0.3) is 0 Å². The molecule has 2 heterocycles. The van der Waals surface area contributed by atoms with Crippen molar-refractivity contribution in [2.24, 2.45) is 5.92 Å². The summed E-state index contributed by atoms with van der Waals surface area (Å²) in [6, 6.07) is 6.75. The Kier molecular flexibility index (Phi) is 6.10. The number of hydrogen-bond acceptors (Lipinski definition) is 6. The number of piperidine rings is 1. The van der Waals surface area contributed by atoms with Crippen LogP contribution in [0.25, 0.3) is 0 Å². The molecule has 1 saturated heterocycles. The van der Waals surface area contributed by atoms with Crippen LogP contribution in [0.1, 0.15) is 12.8 Å². The van der Waals surface area contributed by atoms with Crippen LogP contribution in [0.5, 0.6) is 11.8 Å². The van der Waals surface area contributed by atoms with Gasteiger partial charge in [0.1, 0.15) is 5.75 Å². The van der Waals surface area contributed by atoms with E-state index in [0.29, 0.717) is 31.5 Å². The van der Waals surface area contributed by atoms with Crippen LogP contribution in [0.4, 0.5) is 0 Å². The van der Waals surface area contributed by atoms with Gasteiger partial charge in [-0.15, -0.1) is 0 Å². The molecule has 9 heteroatoms. The van der Waals surface area contributed by atoms with Crippen LogP contribution in [0, 0.1) is 5.92 Å². The molecule has 1 unspecified atom stereocenters. The number of methoxy groups -OCH3 is 1. The van der Waals surface area contributed by atoms with Gasteiger partial charge in [-0.3, -0.25) is 0 Å². The maximum absolute atomic E-state index is 12.9. The first-order chi connectivity index (χ1) is 12.5. The van der Waals surface area contributed by atoms with Gasteiger partial charge in [-0.1, -0.05) is 0 Å². The molecule has 0 N–H and O–H groups in total. The molecule has 1 fully saturated rings. The fourth-order valence-corrected chi connectivity index (χ4v) is 4.60. The number of hydrogen-bond donors (Lipinski definition) is 0. The number of benzene rings is 1. The molecular weight excluding hydrogens is 422 g/mol. The second kappa shape index (κ2) is 8.32. The van der Waals surface area contributed by atoms with E-state index in [0.717, 1.165) is 17.3 Å². The Balaban J connectivity index is 1.63. The Hall–Kier alpha value is -1.71. The molecule has 26 heavy (non-hydrogen) atoms. The zero-order chi connectivity index (χ0) is 18.6. The molecular formula is C17H20BrN3O4S. The average Bonchev–Trinajstić information content (AvgIpc) is 2.68. The lowest BCUT2D eigenvalue weighted by Crippen LogP contribution is -2.41. The monoisotopic (exact) mass is 441 g/mol. The Bertz CT molecular complexity index is 828. The highest BCUT2D eigenvalue weighted by molar-refractivity contribution is 9.10. The smallest absolute Gasteiger partial charge is 0.316 e. The Morgan fingerprint density at radius 1 is 1.23 bits per heavy atom. The molecule has 1 atom stereocenters. The van der Waals surface area contributed by atoms with E-state index < -0.39 is 10.0 Å². The van der Waals surface area contributed by atoms with Crippen molar-refractivity contribution in [3.8, 4) is 11.8 Å². The zero-order valence-electron chi connectivity index (χ0n) is 14.3. The predicted molar refractivity (Wildman–Crippen MR) is 99.7 cm³/mol. The van der Waals surface area contributed by atoms with Crippen molar-refractivity contribution in [1.82, 2.24) is 14.3 Å². The topological polar surface area (TPSA) is 81.6 Å². The molecule has 1 aromatic heterocycles. The number of ether oxygens (including phenoxy) is 2. The number of rotatable bonds is 6. The SMILES string of the molecule is COc1ccc(S(=O)(=O)N2CCCC(COc3ncc(Br)cn3)C2)cc1. The first kappa shape index (κ1) is 19.1. The Morgan fingerprint density at radius 2 is 1.92 bits per heavy atom. The van der Waals surface area contributed by atoms with Crippen LogP contribution in [-0.2, 0) is 10.0 Å². The highest BCUT2D eigenvalue weighted by atomic mass is 79.9. The number of aromatic nitrogens is 2. The van der Waals surface area contributed by atoms with Gasteiger partial charge in [0.2, 0.25) is 10.0 Å². The summed E-state index contributed by atoms with van der Waals surface area (Å²) in [5, 5.41) is 0. The summed E-state index contributed by atoms with van der Waals surface area (Å²) in [5.41, 5.74) is 0. The van der Waals surface area contributed by atoms with Crippen molar-refractivity contribution in [3.63, 3.8) is 0 Å². The van der Waals surface area contributed by atoms with E-state index in [-0.39, 0.29) is 10.8 Å². The van der Waals surface area contributed by atoms with Gasteiger partial charge in [-0.25, -0.2) is 18.4 Å². The summed E-state index contributed by atoms with van der Waals surface area (Å²) in [4.78, 5) is 8.42. The molecule has 0 radical (unpaired) electrons. The van der Waals surface area contributed by atoms with Gasteiger partial charge >= 0.3 is 6.01 Å². The quantitative estimate of drug-likeness (QED) is 0.685. The minimum atomic E-state index is -3.52. The molecule has 0 saturated carbocycles. The fourth-order valence-electron chi connectivity index (χ4n) is 2.85. The van der Waals surface area contributed by atoms with Crippen molar-refractivity contribution in [2.75, 3.05) is 26.8 Å². The molecule has 7 nitrogen and oxygen atoms in total. The zero-order valence-corrected chi connectivity index (χ0v) is 16.7. The van der Waals surface area contributed by atoms with Crippen LogP contribution >= 0.6 is 15.9 Å². The minimum Gasteiger partial charge on any atom is -0.497 e. The molecule has 140 valence electrons. The summed E-state index contributed by atoms with van der Waals surface area (Å²) in [5.74, 6) is 0.729. The average molecular weight is 442 g/mol. The number of sulfonamides is 1. The molecule has 3 rings (SSSR count). The van der Waals surface area contributed by atoms with Gasteiger partial charge in [0.15, 0.2) is 0 Å².